The Bertz CT molecular complexity index is 1070. The minimum Gasteiger partial charge on any atom is -0.322 e. The summed E-state index contributed by atoms with van der Waals surface area (Å²) in [5.74, 6) is -0.214. The highest BCUT2D eigenvalue weighted by Crippen LogP contribution is 2.26. The molecule has 0 unspecified atom stereocenters. The number of pyridine rings is 2. The number of carbonyl (C=O) groups excluding carboxylic acids is 1. The van der Waals surface area contributed by atoms with Crippen LogP contribution in [-0.2, 0) is 0 Å². The first kappa shape index (κ1) is 16.2. The van der Waals surface area contributed by atoms with Crippen LogP contribution in [0.5, 0.6) is 0 Å². The zero-order valence-electron chi connectivity index (χ0n) is 13.7. The van der Waals surface area contributed by atoms with Gasteiger partial charge in [-0.25, -0.2) is 0 Å². The van der Waals surface area contributed by atoms with Gasteiger partial charge < -0.3 is 5.32 Å². The van der Waals surface area contributed by atoms with Crippen LogP contribution < -0.4 is 5.32 Å². The second-order valence-electron chi connectivity index (χ2n) is 5.80. The SMILES string of the molecule is O=C(Nc1ccc(Cl)cc1)c1ccc(-c2cccc3cnccc23)nc1. The Hall–Kier alpha value is -3.24. The van der Waals surface area contributed by atoms with Gasteiger partial charge in [-0.3, -0.25) is 14.8 Å². The van der Waals surface area contributed by atoms with Crippen molar-refractivity contribution in [3.8, 4) is 11.3 Å². The number of benzene rings is 2. The summed E-state index contributed by atoms with van der Waals surface area (Å²) in [5.41, 5.74) is 3.00. The van der Waals surface area contributed by atoms with Gasteiger partial charge in [0.05, 0.1) is 11.3 Å². The average molecular weight is 360 g/mol. The second kappa shape index (κ2) is 6.94. The third kappa shape index (κ3) is 3.27. The number of nitrogens with zero attached hydrogens (tertiary/aromatic N) is 2. The van der Waals surface area contributed by atoms with Gasteiger partial charge in [-0.05, 0) is 47.9 Å². The van der Waals surface area contributed by atoms with Gasteiger partial charge in [0, 0.05) is 40.3 Å². The van der Waals surface area contributed by atoms with Gasteiger partial charge in [-0.15, -0.1) is 0 Å². The Labute approximate surface area is 155 Å². The molecule has 2 aromatic carbocycles. The van der Waals surface area contributed by atoms with Gasteiger partial charge in [0.1, 0.15) is 0 Å². The van der Waals surface area contributed by atoms with Gasteiger partial charge in [0.25, 0.3) is 5.91 Å². The lowest BCUT2D eigenvalue weighted by atomic mass is 10.0. The van der Waals surface area contributed by atoms with Crippen molar-refractivity contribution in [3.63, 3.8) is 0 Å². The number of hydrogen-bond donors (Lipinski definition) is 1. The maximum absolute atomic E-state index is 12.4. The predicted octanol–water partition coefficient (Wildman–Crippen LogP) is 5.20. The maximum Gasteiger partial charge on any atom is 0.257 e. The van der Waals surface area contributed by atoms with E-state index in [9.17, 15) is 4.79 Å². The number of amides is 1. The van der Waals surface area contributed by atoms with E-state index in [2.05, 4.69) is 15.3 Å². The van der Waals surface area contributed by atoms with Gasteiger partial charge in [-0.2, -0.15) is 0 Å². The molecule has 0 aliphatic heterocycles. The third-order valence-electron chi connectivity index (χ3n) is 4.08. The number of hydrogen-bond acceptors (Lipinski definition) is 3. The summed E-state index contributed by atoms with van der Waals surface area (Å²) in [6, 6.07) is 18.6. The van der Waals surface area contributed by atoms with Crippen LogP contribution in [-0.4, -0.2) is 15.9 Å². The second-order valence-corrected chi connectivity index (χ2v) is 6.23. The molecule has 0 aliphatic rings. The van der Waals surface area contributed by atoms with E-state index in [0.717, 1.165) is 22.0 Å². The molecule has 0 radical (unpaired) electrons. The van der Waals surface area contributed by atoms with Gasteiger partial charge in [0.15, 0.2) is 0 Å². The van der Waals surface area contributed by atoms with E-state index in [1.54, 1.807) is 42.7 Å². The first-order valence-electron chi connectivity index (χ1n) is 8.07. The topological polar surface area (TPSA) is 54.9 Å². The zero-order valence-corrected chi connectivity index (χ0v) is 14.4. The van der Waals surface area contributed by atoms with E-state index in [-0.39, 0.29) is 5.91 Å². The Morgan fingerprint density at radius 3 is 2.54 bits per heavy atom. The summed E-state index contributed by atoms with van der Waals surface area (Å²) in [6.07, 6.45) is 5.17. The first-order valence-corrected chi connectivity index (χ1v) is 8.44. The van der Waals surface area contributed by atoms with Crippen LogP contribution >= 0.6 is 11.6 Å². The van der Waals surface area contributed by atoms with Crippen LogP contribution in [0.3, 0.4) is 0 Å². The lowest BCUT2D eigenvalue weighted by Crippen LogP contribution is -2.12. The molecule has 0 fully saturated rings. The monoisotopic (exact) mass is 359 g/mol. The van der Waals surface area contributed by atoms with E-state index in [4.69, 9.17) is 11.6 Å². The molecular weight excluding hydrogens is 346 g/mol. The van der Waals surface area contributed by atoms with Crippen LogP contribution in [0.4, 0.5) is 5.69 Å². The highest BCUT2D eigenvalue weighted by Gasteiger charge is 2.09. The molecule has 1 amide bonds. The van der Waals surface area contributed by atoms with Crippen molar-refractivity contribution in [1.29, 1.82) is 0 Å². The molecule has 0 bridgehead atoms. The normalized spacial score (nSPS) is 10.7. The number of halogens is 1. The highest BCUT2D eigenvalue weighted by molar-refractivity contribution is 6.30. The van der Waals surface area contributed by atoms with Crippen LogP contribution in [0, 0.1) is 0 Å². The number of carbonyl (C=O) groups is 1. The molecule has 5 heteroatoms. The molecule has 2 heterocycles. The van der Waals surface area contributed by atoms with E-state index >= 15 is 0 Å². The van der Waals surface area contributed by atoms with Crippen molar-refractivity contribution >= 4 is 34.0 Å². The Morgan fingerprint density at radius 2 is 1.77 bits per heavy atom. The predicted molar refractivity (Wildman–Crippen MR) is 104 cm³/mol. The molecule has 26 heavy (non-hydrogen) atoms. The lowest BCUT2D eigenvalue weighted by molar-refractivity contribution is 0.102. The maximum atomic E-state index is 12.4. The summed E-state index contributed by atoms with van der Waals surface area (Å²) >= 11 is 5.86. The fourth-order valence-corrected chi connectivity index (χ4v) is 2.90. The average Bonchev–Trinajstić information content (AvgIpc) is 2.69. The molecular formula is C21H14ClN3O. The van der Waals surface area contributed by atoms with E-state index in [1.165, 1.54) is 0 Å². The Balaban J connectivity index is 1.60. The molecule has 4 nitrogen and oxygen atoms in total. The van der Waals surface area contributed by atoms with Crippen molar-refractivity contribution in [2.75, 3.05) is 5.32 Å². The number of rotatable bonds is 3. The number of fused-ring (bicyclic) bond motifs is 1. The van der Waals surface area contributed by atoms with Crippen molar-refractivity contribution in [1.82, 2.24) is 9.97 Å². The van der Waals surface area contributed by atoms with Gasteiger partial charge in [-0.1, -0.05) is 29.8 Å². The molecule has 0 saturated heterocycles. The Morgan fingerprint density at radius 1 is 0.923 bits per heavy atom. The van der Waals surface area contributed by atoms with Crippen LogP contribution in [0.15, 0.2) is 79.3 Å². The van der Waals surface area contributed by atoms with E-state index < -0.39 is 0 Å². The summed E-state index contributed by atoms with van der Waals surface area (Å²) < 4.78 is 0. The van der Waals surface area contributed by atoms with Crippen molar-refractivity contribution < 1.29 is 4.79 Å². The summed E-state index contributed by atoms with van der Waals surface area (Å²) in [6.45, 7) is 0. The first-order chi connectivity index (χ1) is 12.7. The smallest absolute Gasteiger partial charge is 0.257 e. The molecule has 0 aliphatic carbocycles. The van der Waals surface area contributed by atoms with Crippen LogP contribution in [0.25, 0.3) is 22.0 Å². The van der Waals surface area contributed by atoms with E-state index in [0.29, 0.717) is 16.3 Å². The fourth-order valence-electron chi connectivity index (χ4n) is 2.77. The van der Waals surface area contributed by atoms with Crippen molar-refractivity contribution in [3.05, 3.63) is 89.8 Å². The third-order valence-corrected chi connectivity index (χ3v) is 4.34. The number of anilines is 1. The molecule has 0 spiro atoms. The Kier molecular flexibility index (Phi) is 4.33. The highest BCUT2D eigenvalue weighted by atomic mass is 35.5. The minimum absolute atomic E-state index is 0.214. The number of nitrogens with one attached hydrogen (secondary N) is 1. The quantitative estimate of drug-likeness (QED) is 0.546. The molecule has 1 N–H and O–H groups in total. The van der Waals surface area contributed by atoms with Crippen LogP contribution in [0.2, 0.25) is 5.02 Å². The van der Waals surface area contributed by atoms with Crippen molar-refractivity contribution in [2.45, 2.75) is 0 Å². The standard InChI is InChI=1S/C21H14ClN3O/c22-16-5-7-17(8-6-16)25-21(26)15-4-9-20(24-13-15)19-3-1-2-14-12-23-11-10-18(14)19/h1-13H,(H,25,26). The van der Waals surface area contributed by atoms with E-state index in [1.807, 2.05) is 36.5 Å². The van der Waals surface area contributed by atoms with Gasteiger partial charge in [0.2, 0.25) is 0 Å². The van der Waals surface area contributed by atoms with Crippen LogP contribution in [0.1, 0.15) is 10.4 Å². The number of aromatic nitrogens is 2. The molecule has 0 saturated carbocycles. The summed E-state index contributed by atoms with van der Waals surface area (Å²) in [7, 11) is 0. The molecule has 4 rings (SSSR count). The van der Waals surface area contributed by atoms with Gasteiger partial charge >= 0.3 is 0 Å². The lowest BCUT2D eigenvalue weighted by Gasteiger charge is -2.08. The summed E-state index contributed by atoms with van der Waals surface area (Å²) in [4.78, 5) is 21.0. The molecule has 4 aromatic rings. The molecule has 2 aromatic heterocycles. The zero-order chi connectivity index (χ0) is 17.9. The minimum atomic E-state index is -0.214. The largest absolute Gasteiger partial charge is 0.322 e. The molecule has 126 valence electrons. The fraction of sp³-hybridized carbons (Fsp3) is 0. The summed E-state index contributed by atoms with van der Waals surface area (Å²) in [5, 5.41) is 5.58. The molecule has 0 atom stereocenters. The van der Waals surface area contributed by atoms with Crippen molar-refractivity contribution in [2.24, 2.45) is 0 Å².